The van der Waals surface area contributed by atoms with Crippen molar-refractivity contribution >= 4 is 46.7 Å². The Balaban J connectivity index is 1.55. The van der Waals surface area contributed by atoms with Crippen LogP contribution in [0.25, 0.3) is 11.4 Å². The molecule has 1 atom stereocenters. The standard InChI is InChI=1S/C19H16Cl2FN5OS/c1-10(18(28)24-16-14(21)8-11(20)9-23-16)29-19-26-25-17(27(19)12-6-7-12)13-4-2-3-5-15(13)22/h2-5,8-10,12H,6-7H2,1H3,(H,23,24,28). The fourth-order valence-electron chi connectivity index (χ4n) is 2.78. The van der Waals surface area contributed by atoms with Crippen molar-refractivity contribution in [2.24, 2.45) is 0 Å². The fraction of sp³-hybridized carbons (Fsp3) is 0.263. The van der Waals surface area contributed by atoms with Crippen LogP contribution in [0.2, 0.25) is 10.0 Å². The van der Waals surface area contributed by atoms with Gasteiger partial charge in [0.1, 0.15) is 5.82 Å². The van der Waals surface area contributed by atoms with Crippen LogP contribution in [0, 0.1) is 5.82 Å². The van der Waals surface area contributed by atoms with Gasteiger partial charge in [-0.2, -0.15) is 0 Å². The molecule has 3 aromatic rings. The number of benzene rings is 1. The van der Waals surface area contributed by atoms with Crippen LogP contribution in [0.15, 0.2) is 41.7 Å². The summed E-state index contributed by atoms with van der Waals surface area (Å²) in [6, 6.07) is 8.19. The molecule has 10 heteroatoms. The Kier molecular flexibility index (Phi) is 5.76. The van der Waals surface area contributed by atoms with Crippen molar-refractivity contribution in [1.29, 1.82) is 0 Å². The molecule has 1 N–H and O–H groups in total. The number of amides is 1. The van der Waals surface area contributed by atoms with Crippen molar-refractivity contribution < 1.29 is 9.18 Å². The molecule has 150 valence electrons. The number of carbonyl (C=O) groups excluding carboxylic acids is 1. The van der Waals surface area contributed by atoms with Gasteiger partial charge in [0.05, 0.1) is 20.9 Å². The molecule has 0 aliphatic heterocycles. The molecular formula is C19H16Cl2FN5OS. The summed E-state index contributed by atoms with van der Waals surface area (Å²) in [5, 5.41) is 11.8. The smallest absolute Gasteiger partial charge is 0.238 e. The molecule has 0 radical (unpaired) electrons. The summed E-state index contributed by atoms with van der Waals surface area (Å²) in [5.41, 5.74) is 0.396. The number of hydrogen-bond donors (Lipinski definition) is 1. The van der Waals surface area contributed by atoms with Gasteiger partial charge in [0.25, 0.3) is 0 Å². The highest BCUT2D eigenvalue weighted by atomic mass is 35.5. The molecule has 0 spiro atoms. The molecule has 1 aromatic carbocycles. The average molecular weight is 452 g/mol. The maximum Gasteiger partial charge on any atom is 0.238 e. The Hall–Kier alpha value is -2.16. The predicted octanol–water partition coefficient (Wildman–Crippen LogP) is 5.24. The molecule has 0 bridgehead atoms. The molecule has 1 aliphatic rings. The van der Waals surface area contributed by atoms with Crippen LogP contribution in [-0.4, -0.2) is 30.9 Å². The topological polar surface area (TPSA) is 72.7 Å². The Morgan fingerprint density at radius 2 is 2.07 bits per heavy atom. The highest BCUT2D eigenvalue weighted by Gasteiger charge is 2.32. The lowest BCUT2D eigenvalue weighted by Gasteiger charge is -2.14. The van der Waals surface area contributed by atoms with Gasteiger partial charge >= 0.3 is 0 Å². The van der Waals surface area contributed by atoms with Gasteiger partial charge in [0.2, 0.25) is 5.91 Å². The van der Waals surface area contributed by atoms with Gasteiger partial charge < -0.3 is 5.32 Å². The zero-order chi connectivity index (χ0) is 20.5. The summed E-state index contributed by atoms with van der Waals surface area (Å²) in [4.78, 5) is 16.6. The fourth-order valence-corrected chi connectivity index (χ4v) is 4.13. The van der Waals surface area contributed by atoms with Crippen LogP contribution >= 0.6 is 35.0 Å². The number of aromatic nitrogens is 4. The molecule has 29 heavy (non-hydrogen) atoms. The van der Waals surface area contributed by atoms with Crippen LogP contribution in [0.1, 0.15) is 25.8 Å². The van der Waals surface area contributed by atoms with Gasteiger partial charge in [-0.1, -0.05) is 47.1 Å². The normalized spacial score (nSPS) is 14.6. The second-order valence-electron chi connectivity index (χ2n) is 6.62. The van der Waals surface area contributed by atoms with Crippen molar-refractivity contribution in [1.82, 2.24) is 19.7 Å². The lowest BCUT2D eigenvalue weighted by molar-refractivity contribution is -0.115. The largest absolute Gasteiger partial charge is 0.308 e. The van der Waals surface area contributed by atoms with Gasteiger partial charge in [-0.25, -0.2) is 9.37 Å². The SMILES string of the molecule is CC(Sc1nnc(-c2ccccc2F)n1C1CC1)C(=O)Nc1ncc(Cl)cc1Cl. The monoisotopic (exact) mass is 451 g/mol. The predicted molar refractivity (Wildman–Crippen MR) is 112 cm³/mol. The number of nitrogens with zero attached hydrogens (tertiary/aromatic N) is 4. The number of hydrogen-bond acceptors (Lipinski definition) is 5. The second-order valence-corrected chi connectivity index (χ2v) is 8.77. The number of nitrogens with one attached hydrogen (secondary N) is 1. The number of rotatable bonds is 6. The van der Waals surface area contributed by atoms with Gasteiger partial charge in [0.15, 0.2) is 16.8 Å². The van der Waals surface area contributed by atoms with Crippen LogP contribution in [0.4, 0.5) is 10.2 Å². The molecule has 0 saturated heterocycles. The molecule has 4 rings (SSSR count). The summed E-state index contributed by atoms with van der Waals surface area (Å²) in [6.45, 7) is 1.75. The third-order valence-corrected chi connectivity index (χ3v) is 5.94. The molecule has 2 heterocycles. The minimum atomic E-state index is -0.501. The zero-order valence-electron chi connectivity index (χ0n) is 15.3. The van der Waals surface area contributed by atoms with Crippen LogP contribution in [0.3, 0.4) is 0 Å². The summed E-state index contributed by atoms with van der Waals surface area (Å²) in [6.07, 6.45) is 3.35. The summed E-state index contributed by atoms with van der Waals surface area (Å²) in [7, 11) is 0. The Morgan fingerprint density at radius 3 is 2.76 bits per heavy atom. The highest BCUT2D eigenvalue weighted by Crippen LogP contribution is 2.42. The number of anilines is 1. The first-order chi connectivity index (χ1) is 13.9. The van der Waals surface area contributed by atoms with Gasteiger partial charge in [-0.3, -0.25) is 9.36 Å². The molecule has 1 unspecified atom stereocenters. The van der Waals surface area contributed by atoms with E-state index in [9.17, 15) is 9.18 Å². The van der Waals surface area contributed by atoms with Crippen molar-refractivity contribution in [2.45, 2.75) is 36.2 Å². The maximum absolute atomic E-state index is 14.3. The van der Waals surface area contributed by atoms with E-state index in [1.807, 2.05) is 4.57 Å². The minimum absolute atomic E-state index is 0.213. The van der Waals surface area contributed by atoms with Crippen molar-refractivity contribution in [3.8, 4) is 11.4 Å². The summed E-state index contributed by atoms with van der Waals surface area (Å²) >= 11 is 13.2. The van der Waals surface area contributed by atoms with Gasteiger partial charge in [-0.05, 0) is 38.0 Å². The van der Waals surface area contributed by atoms with E-state index in [-0.39, 0.29) is 28.6 Å². The second kappa shape index (κ2) is 8.30. The van der Waals surface area contributed by atoms with Crippen molar-refractivity contribution in [3.63, 3.8) is 0 Å². The average Bonchev–Trinajstić information content (AvgIpc) is 3.45. The van der Waals surface area contributed by atoms with E-state index in [4.69, 9.17) is 23.2 Å². The molecule has 2 aromatic heterocycles. The quantitative estimate of drug-likeness (QED) is 0.518. The number of pyridine rings is 1. The number of thioether (sulfide) groups is 1. The summed E-state index contributed by atoms with van der Waals surface area (Å²) < 4.78 is 16.2. The van der Waals surface area contributed by atoms with E-state index in [2.05, 4.69) is 20.5 Å². The first-order valence-electron chi connectivity index (χ1n) is 8.92. The summed E-state index contributed by atoms with van der Waals surface area (Å²) in [5.74, 6) is 0.0736. The maximum atomic E-state index is 14.3. The van der Waals surface area contributed by atoms with Crippen molar-refractivity contribution in [3.05, 3.63) is 52.4 Å². The molecule has 1 amide bonds. The van der Waals surface area contributed by atoms with E-state index in [1.165, 1.54) is 30.1 Å². The first-order valence-corrected chi connectivity index (χ1v) is 10.6. The third-order valence-electron chi connectivity index (χ3n) is 4.39. The van der Waals surface area contributed by atoms with Crippen molar-refractivity contribution in [2.75, 3.05) is 5.32 Å². The third kappa shape index (κ3) is 4.39. The molecule has 1 saturated carbocycles. The van der Waals surface area contributed by atoms with Gasteiger partial charge in [0, 0.05) is 12.2 Å². The zero-order valence-corrected chi connectivity index (χ0v) is 17.6. The molecule has 1 fully saturated rings. The van der Waals surface area contributed by atoms with Crippen LogP contribution in [0.5, 0.6) is 0 Å². The van der Waals surface area contributed by atoms with Gasteiger partial charge in [-0.15, -0.1) is 10.2 Å². The first kappa shape index (κ1) is 20.1. The van der Waals surface area contributed by atoms with E-state index in [1.54, 1.807) is 25.1 Å². The van der Waals surface area contributed by atoms with Crippen LogP contribution < -0.4 is 5.32 Å². The Labute approximate surface area is 180 Å². The van der Waals surface area contributed by atoms with E-state index in [0.717, 1.165) is 12.8 Å². The van der Waals surface area contributed by atoms with E-state index < -0.39 is 5.25 Å². The van der Waals surface area contributed by atoms with Crippen LogP contribution in [-0.2, 0) is 4.79 Å². The molecule has 1 aliphatic carbocycles. The van der Waals surface area contributed by atoms with E-state index >= 15 is 0 Å². The minimum Gasteiger partial charge on any atom is -0.308 e. The lowest BCUT2D eigenvalue weighted by Crippen LogP contribution is -2.23. The number of halogens is 3. The molecular weight excluding hydrogens is 436 g/mol. The molecule has 6 nitrogen and oxygen atoms in total. The Bertz CT molecular complexity index is 1070. The lowest BCUT2D eigenvalue weighted by atomic mass is 10.2. The highest BCUT2D eigenvalue weighted by molar-refractivity contribution is 8.00. The van der Waals surface area contributed by atoms with E-state index in [0.29, 0.717) is 21.6 Å². The number of carbonyl (C=O) groups is 1. The Morgan fingerprint density at radius 1 is 1.31 bits per heavy atom.